The van der Waals surface area contributed by atoms with Gasteiger partial charge >= 0.3 is 5.69 Å². The first-order chi connectivity index (χ1) is 12.9. The molecule has 1 amide bonds. The van der Waals surface area contributed by atoms with Crippen molar-refractivity contribution in [1.82, 2.24) is 14.3 Å². The van der Waals surface area contributed by atoms with Crippen LogP contribution in [0.3, 0.4) is 0 Å². The number of aromatic nitrogens is 2. The van der Waals surface area contributed by atoms with E-state index in [0.29, 0.717) is 37.2 Å². The Morgan fingerprint density at radius 2 is 2.26 bits per heavy atom. The molecule has 0 spiro atoms. The molecule has 27 heavy (non-hydrogen) atoms. The van der Waals surface area contributed by atoms with Crippen molar-refractivity contribution in [2.24, 2.45) is 5.92 Å². The number of benzene rings is 1. The second-order valence-electron chi connectivity index (χ2n) is 6.51. The Balaban J connectivity index is 1.85. The van der Waals surface area contributed by atoms with Gasteiger partial charge in [0.15, 0.2) is 0 Å². The van der Waals surface area contributed by atoms with Gasteiger partial charge in [-0.3, -0.25) is 9.36 Å². The van der Waals surface area contributed by atoms with Gasteiger partial charge < -0.3 is 14.5 Å². The van der Waals surface area contributed by atoms with Crippen LogP contribution < -0.4 is 10.4 Å². The first kappa shape index (κ1) is 19.6. The Morgan fingerprint density at radius 1 is 1.48 bits per heavy atom. The molecule has 0 aliphatic carbocycles. The highest BCUT2D eigenvalue weighted by Crippen LogP contribution is 2.21. The number of hydrogen-bond acceptors (Lipinski definition) is 6. The number of aryl methyl sites for hydroxylation is 1. The Hall–Kier alpha value is -2.17. The molecule has 9 nitrogen and oxygen atoms in total. The van der Waals surface area contributed by atoms with Crippen molar-refractivity contribution in [2.45, 2.75) is 37.3 Å². The summed E-state index contributed by atoms with van der Waals surface area (Å²) < 4.78 is 39.3. The predicted molar refractivity (Wildman–Crippen MR) is 97.9 cm³/mol. The maximum atomic E-state index is 12.6. The highest BCUT2D eigenvalue weighted by atomic mass is 32.2. The summed E-state index contributed by atoms with van der Waals surface area (Å²) in [4.78, 5) is 27.0. The fourth-order valence-corrected chi connectivity index (χ4v) is 4.33. The number of hydrogen-bond donors (Lipinski definition) is 2. The average Bonchev–Trinajstić information content (AvgIpc) is 3.24. The molecule has 1 aliphatic heterocycles. The number of fused-ring (bicyclic) bond motifs is 1. The van der Waals surface area contributed by atoms with Gasteiger partial charge in [0.25, 0.3) is 15.9 Å². The van der Waals surface area contributed by atoms with Crippen molar-refractivity contribution >= 4 is 27.0 Å². The summed E-state index contributed by atoms with van der Waals surface area (Å²) in [6.07, 6.45) is 0.493. The summed E-state index contributed by atoms with van der Waals surface area (Å²) in [6, 6.07) is 4.28. The van der Waals surface area contributed by atoms with Crippen LogP contribution in [0.5, 0.6) is 0 Å². The molecule has 2 atom stereocenters. The maximum absolute atomic E-state index is 12.6. The van der Waals surface area contributed by atoms with Crippen molar-refractivity contribution in [1.29, 1.82) is 0 Å². The third-order valence-electron chi connectivity index (χ3n) is 4.64. The van der Waals surface area contributed by atoms with Crippen LogP contribution in [0.1, 0.15) is 19.8 Å². The molecule has 3 rings (SSSR count). The lowest BCUT2D eigenvalue weighted by Crippen LogP contribution is -2.43. The molecule has 2 N–H and O–H groups in total. The van der Waals surface area contributed by atoms with Gasteiger partial charge in [-0.1, -0.05) is 6.92 Å². The average molecular weight is 397 g/mol. The number of methoxy groups -OCH3 is 1. The minimum absolute atomic E-state index is 0.106. The minimum Gasteiger partial charge on any atom is -0.381 e. The normalized spacial score (nSPS) is 18.7. The van der Waals surface area contributed by atoms with Crippen LogP contribution in [0.25, 0.3) is 11.0 Å². The van der Waals surface area contributed by atoms with Crippen molar-refractivity contribution in [3.8, 4) is 0 Å². The zero-order chi connectivity index (χ0) is 19.6. The number of nitrogens with one attached hydrogen (secondary N) is 2. The van der Waals surface area contributed by atoms with Crippen molar-refractivity contribution in [3.05, 3.63) is 28.7 Å². The number of sulfonamides is 1. The van der Waals surface area contributed by atoms with E-state index in [2.05, 4.69) is 9.71 Å². The molecular weight excluding hydrogens is 374 g/mol. The summed E-state index contributed by atoms with van der Waals surface area (Å²) in [5.41, 5.74) is 0.715. The first-order valence-electron chi connectivity index (χ1n) is 8.77. The van der Waals surface area contributed by atoms with Gasteiger partial charge in [0, 0.05) is 26.2 Å². The van der Waals surface area contributed by atoms with E-state index < -0.39 is 22.0 Å². The van der Waals surface area contributed by atoms with E-state index in [1.807, 2.05) is 6.92 Å². The van der Waals surface area contributed by atoms with Gasteiger partial charge in [0.1, 0.15) is 6.10 Å². The van der Waals surface area contributed by atoms with E-state index >= 15 is 0 Å². The number of aromatic amines is 1. The molecule has 1 aromatic carbocycles. The lowest BCUT2D eigenvalue weighted by atomic mass is 10.0. The predicted octanol–water partition coefficient (Wildman–Crippen LogP) is 0.596. The Labute approximate surface area is 156 Å². The highest BCUT2D eigenvalue weighted by Gasteiger charge is 2.33. The number of ether oxygens (including phenoxy) is 2. The molecule has 0 bridgehead atoms. The van der Waals surface area contributed by atoms with E-state index in [-0.39, 0.29) is 16.5 Å². The molecule has 0 radical (unpaired) electrons. The summed E-state index contributed by atoms with van der Waals surface area (Å²) in [5, 5.41) is 0. The Bertz CT molecular complexity index is 988. The summed E-state index contributed by atoms with van der Waals surface area (Å²) in [6.45, 7) is 3.34. The number of amides is 1. The van der Waals surface area contributed by atoms with Crippen LogP contribution >= 0.6 is 0 Å². The zero-order valence-electron chi connectivity index (χ0n) is 15.2. The molecule has 1 fully saturated rings. The standard InChI is InChI=1S/C17H23N3O6S/c1-3-7-20-14-5-4-12(9-13(14)18-17(20)22)27(23,24)19-16(21)15(25-2)11-6-8-26-10-11/h4-5,9,11,15H,3,6-8,10H2,1-2H3,(H,18,22)(H,19,21). The largest absolute Gasteiger partial charge is 0.381 e. The van der Waals surface area contributed by atoms with Crippen LogP contribution in [0.2, 0.25) is 0 Å². The molecular formula is C17H23N3O6S. The molecule has 148 valence electrons. The van der Waals surface area contributed by atoms with Gasteiger partial charge in [0.05, 0.1) is 22.5 Å². The fraction of sp³-hybridized carbons (Fsp3) is 0.529. The lowest BCUT2D eigenvalue weighted by Gasteiger charge is -2.20. The number of imidazole rings is 1. The van der Waals surface area contributed by atoms with Gasteiger partial charge in [-0.05, 0) is 31.0 Å². The van der Waals surface area contributed by atoms with Crippen LogP contribution in [0, 0.1) is 5.92 Å². The van der Waals surface area contributed by atoms with Crippen LogP contribution in [-0.4, -0.2) is 50.3 Å². The molecule has 2 aromatic rings. The fourth-order valence-electron chi connectivity index (χ4n) is 3.31. The second kappa shape index (κ2) is 7.83. The molecule has 10 heteroatoms. The van der Waals surface area contributed by atoms with Crippen LogP contribution in [0.15, 0.2) is 27.9 Å². The van der Waals surface area contributed by atoms with E-state index in [1.54, 1.807) is 10.6 Å². The quantitative estimate of drug-likeness (QED) is 0.706. The summed E-state index contributed by atoms with van der Waals surface area (Å²) >= 11 is 0. The SMILES string of the molecule is CCCn1c(=O)[nH]c2cc(S(=O)(=O)NC(=O)C(OC)C3CCOC3)ccc21. The monoisotopic (exact) mass is 397 g/mol. The number of H-pyrrole nitrogens is 1. The molecule has 2 unspecified atom stereocenters. The minimum atomic E-state index is -4.10. The molecule has 1 aliphatic rings. The van der Waals surface area contributed by atoms with Gasteiger partial charge in [-0.15, -0.1) is 0 Å². The molecule has 1 aromatic heterocycles. The number of rotatable bonds is 7. The number of carbonyl (C=O) groups is 1. The highest BCUT2D eigenvalue weighted by molar-refractivity contribution is 7.90. The molecule has 2 heterocycles. The van der Waals surface area contributed by atoms with Crippen molar-refractivity contribution in [2.75, 3.05) is 20.3 Å². The third-order valence-corrected chi connectivity index (χ3v) is 5.99. The van der Waals surface area contributed by atoms with Crippen molar-refractivity contribution < 1.29 is 22.7 Å². The first-order valence-corrected chi connectivity index (χ1v) is 10.3. The van der Waals surface area contributed by atoms with Gasteiger partial charge in [0.2, 0.25) is 0 Å². The lowest BCUT2D eigenvalue weighted by molar-refractivity contribution is -0.132. The molecule has 1 saturated heterocycles. The van der Waals surface area contributed by atoms with E-state index in [0.717, 1.165) is 6.42 Å². The van der Waals surface area contributed by atoms with E-state index in [1.165, 1.54) is 19.2 Å². The van der Waals surface area contributed by atoms with Crippen LogP contribution in [0.4, 0.5) is 0 Å². The third kappa shape index (κ3) is 3.92. The Morgan fingerprint density at radius 3 is 2.89 bits per heavy atom. The second-order valence-corrected chi connectivity index (χ2v) is 8.19. The van der Waals surface area contributed by atoms with Gasteiger partial charge in [-0.2, -0.15) is 0 Å². The van der Waals surface area contributed by atoms with Gasteiger partial charge in [-0.25, -0.2) is 17.9 Å². The van der Waals surface area contributed by atoms with Crippen LogP contribution in [-0.2, 0) is 30.8 Å². The topological polar surface area (TPSA) is 119 Å². The number of nitrogens with zero attached hydrogens (tertiary/aromatic N) is 1. The maximum Gasteiger partial charge on any atom is 0.326 e. The molecule has 0 saturated carbocycles. The zero-order valence-corrected chi connectivity index (χ0v) is 16.0. The smallest absolute Gasteiger partial charge is 0.326 e. The van der Waals surface area contributed by atoms with E-state index in [4.69, 9.17) is 9.47 Å². The number of carbonyl (C=O) groups excluding carboxylic acids is 1. The van der Waals surface area contributed by atoms with Crippen molar-refractivity contribution in [3.63, 3.8) is 0 Å². The van der Waals surface area contributed by atoms with E-state index in [9.17, 15) is 18.0 Å². The Kier molecular flexibility index (Phi) is 5.68. The summed E-state index contributed by atoms with van der Waals surface area (Å²) in [7, 11) is -2.74. The summed E-state index contributed by atoms with van der Waals surface area (Å²) in [5.74, 6) is -0.919.